The summed E-state index contributed by atoms with van der Waals surface area (Å²) in [5, 5.41) is 12.3. The van der Waals surface area contributed by atoms with Crippen molar-refractivity contribution < 1.29 is 9.90 Å². The van der Waals surface area contributed by atoms with Crippen LogP contribution in [-0.2, 0) is 0 Å². The van der Waals surface area contributed by atoms with Crippen LogP contribution in [0, 0.1) is 6.92 Å². The number of hydrogen-bond donors (Lipinski definition) is 2. The highest BCUT2D eigenvalue weighted by molar-refractivity contribution is 5.94. The highest BCUT2D eigenvalue weighted by Gasteiger charge is 2.14. The van der Waals surface area contributed by atoms with Gasteiger partial charge in [0.05, 0.1) is 12.6 Å². The minimum Gasteiger partial charge on any atom is -0.394 e. The van der Waals surface area contributed by atoms with Crippen LogP contribution in [0.15, 0.2) is 54.6 Å². The molecule has 2 rings (SSSR count). The lowest BCUT2D eigenvalue weighted by Crippen LogP contribution is -2.30. The van der Waals surface area contributed by atoms with Gasteiger partial charge in [-0.2, -0.15) is 0 Å². The molecule has 98 valence electrons. The van der Waals surface area contributed by atoms with Crippen LogP contribution in [0.2, 0.25) is 0 Å². The maximum absolute atomic E-state index is 12.1. The Hall–Kier alpha value is -2.13. The second kappa shape index (κ2) is 6.16. The van der Waals surface area contributed by atoms with Gasteiger partial charge in [0.1, 0.15) is 0 Å². The van der Waals surface area contributed by atoms with Gasteiger partial charge in [-0.05, 0) is 24.6 Å². The molecule has 19 heavy (non-hydrogen) atoms. The zero-order chi connectivity index (χ0) is 13.7. The first-order valence-electron chi connectivity index (χ1n) is 6.24. The number of nitrogens with one attached hydrogen (secondary N) is 1. The molecule has 0 radical (unpaired) electrons. The monoisotopic (exact) mass is 255 g/mol. The fourth-order valence-corrected chi connectivity index (χ4v) is 1.95. The minimum atomic E-state index is -0.380. The van der Waals surface area contributed by atoms with E-state index in [1.807, 2.05) is 55.5 Å². The van der Waals surface area contributed by atoms with Crippen LogP contribution in [-0.4, -0.2) is 17.6 Å². The Balaban J connectivity index is 2.13. The average Bonchev–Trinajstić information content (AvgIpc) is 2.45. The number of carbonyl (C=O) groups is 1. The fraction of sp³-hybridized carbons (Fsp3) is 0.188. The van der Waals surface area contributed by atoms with E-state index >= 15 is 0 Å². The Bertz CT molecular complexity index is 552. The fourth-order valence-electron chi connectivity index (χ4n) is 1.95. The maximum Gasteiger partial charge on any atom is 0.251 e. The topological polar surface area (TPSA) is 49.3 Å². The lowest BCUT2D eigenvalue weighted by Gasteiger charge is -2.16. The second-order valence-corrected chi connectivity index (χ2v) is 4.49. The van der Waals surface area contributed by atoms with E-state index in [1.54, 1.807) is 6.07 Å². The molecule has 1 amide bonds. The Morgan fingerprint density at radius 1 is 1.16 bits per heavy atom. The van der Waals surface area contributed by atoms with E-state index in [0.717, 1.165) is 11.1 Å². The number of aliphatic hydroxyl groups is 1. The van der Waals surface area contributed by atoms with Gasteiger partial charge in [-0.3, -0.25) is 4.79 Å². The summed E-state index contributed by atoms with van der Waals surface area (Å²) in [5.74, 6) is -0.174. The first-order chi connectivity index (χ1) is 9.20. The van der Waals surface area contributed by atoms with Crippen molar-refractivity contribution >= 4 is 5.91 Å². The van der Waals surface area contributed by atoms with Crippen molar-refractivity contribution in [2.75, 3.05) is 6.61 Å². The van der Waals surface area contributed by atoms with Gasteiger partial charge in [0.25, 0.3) is 5.91 Å². The molecule has 2 aromatic carbocycles. The van der Waals surface area contributed by atoms with Crippen LogP contribution in [0.4, 0.5) is 0 Å². The highest BCUT2D eigenvalue weighted by Crippen LogP contribution is 2.13. The Kier molecular flexibility index (Phi) is 4.31. The molecule has 2 aromatic rings. The van der Waals surface area contributed by atoms with E-state index in [9.17, 15) is 9.90 Å². The lowest BCUT2D eigenvalue weighted by molar-refractivity contribution is 0.0916. The number of aryl methyl sites for hydroxylation is 1. The number of carbonyl (C=O) groups excluding carboxylic acids is 1. The van der Waals surface area contributed by atoms with Crippen LogP contribution in [0.1, 0.15) is 27.5 Å². The van der Waals surface area contributed by atoms with Crippen LogP contribution in [0.5, 0.6) is 0 Å². The average molecular weight is 255 g/mol. The number of hydrogen-bond acceptors (Lipinski definition) is 2. The van der Waals surface area contributed by atoms with Crippen LogP contribution in [0.25, 0.3) is 0 Å². The lowest BCUT2D eigenvalue weighted by atomic mass is 10.1. The highest BCUT2D eigenvalue weighted by atomic mass is 16.3. The third-order valence-electron chi connectivity index (χ3n) is 2.97. The standard InChI is InChI=1S/C16H17NO2/c1-12-6-5-9-14(10-12)16(19)17-15(11-18)13-7-3-2-4-8-13/h2-10,15,18H,11H2,1H3,(H,17,19)/t15-/m1/s1. The SMILES string of the molecule is Cc1cccc(C(=O)N[C@H](CO)c2ccccc2)c1. The van der Waals surface area contributed by atoms with Crippen molar-refractivity contribution in [3.8, 4) is 0 Å². The van der Waals surface area contributed by atoms with Gasteiger partial charge in [-0.1, -0.05) is 48.0 Å². The van der Waals surface area contributed by atoms with Crippen molar-refractivity contribution in [3.63, 3.8) is 0 Å². The molecule has 0 aliphatic rings. The maximum atomic E-state index is 12.1. The van der Waals surface area contributed by atoms with E-state index < -0.39 is 0 Å². The van der Waals surface area contributed by atoms with Gasteiger partial charge >= 0.3 is 0 Å². The third kappa shape index (κ3) is 3.42. The van der Waals surface area contributed by atoms with Crippen molar-refractivity contribution in [1.82, 2.24) is 5.32 Å². The van der Waals surface area contributed by atoms with Crippen molar-refractivity contribution in [2.45, 2.75) is 13.0 Å². The molecule has 3 nitrogen and oxygen atoms in total. The number of benzene rings is 2. The molecular weight excluding hydrogens is 238 g/mol. The van der Waals surface area contributed by atoms with Gasteiger partial charge in [0.15, 0.2) is 0 Å². The summed E-state index contributed by atoms with van der Waals surface area (Å²) in [7, 11) is 0. The molecule has 3 heteroatoms. The summed E-state index contributed by atoms with van der Waals surface area (Å²) in [6, 6.07) is 16.5. The smallest absolute Gasteiger partial charge is 0.251 e. The van der Waals surface area contributed by atoms with Crippen molar-refractivity contribution in [1.29, 1.82) is 0 Å². The molecule has 0 heterocycles. The Morgan fingerprint density at radius 3 is 2.53 bits per heavy atom. The van der Waals surface area contributed by atoms with Crippen molar-refractivity contribution in [2.24, 2.45) is 0 Å². The molecule has 0 aliphatic heterocycles. The first kappa shape index (κ1) is 13.3. The van der Waals surface area contributed by atoms with E-state index in [1.165, 1.54) is 0 Å². The summed E-state index contributed by atoms with van der Waals surface area (Å²) in [6.45, 7) is 1.82. The third-order valence-corrected chi connectivity index (χ3v) is 2.97. The predicted molar refractivity (Wildman–Crippen MR) is 74.9 cm³/mol. The zero-order valence-electron chi connectivity index (χ0n) is 10.8. The van der Waals surface area contributed by atoms with Gasteiger partial charge in [0, 0.05) is 5.56 Å². The normalized spacial score (nSPS) is 11.9. The van der Waals surface area contributed by atoms with Gasteiger partial charge in [-0.25, -0.2) is 0 Å². The van der Waals surface area contributed by atoms with Gasteiger partial charge in [0.2, 0.25) is 0 Å². The van der Waals surface area contributed by atoms with E-state index in [2.05, 4.69) is 5.32 Å². The molecule has 0 saturated heterocycles. The molecule has 0 spiro atoms. The molecular formula is C16H17NO2. The Labute approximate surface area is 112 Å². The summed E-state index contributed by atoms with van der Waals surface area (Å²) in [6.07, 6.45) is 0. The van der Waals surface area contributed by atoms with Gasteiger partial charge < -0.3 is 10.4 Å². The summed E-state index contributed by atoms with van der Waals surface area (Å²) in [5.41, 5.74) is 2.54. The van der Waals surface area contributed by atoms with E-state index in [-0.39, 0.29) is 18.6 Å². The van der Waals surface area contributed by atoms with Crippen LogP contribution < -0.4 is 5.32 Å². The second-order valence-electron chi connectivity index (χ2n) is 4.49. The first-order valence-corrected chi connectivity index (χ1v) is 6.24. The van der Waals surface area contributed by atoms with E-state index in [0.29, 0.717) is 5.56 Å². The van der Waals surface area contributed by atoms with Gasteiger partial charge in [-0.15, -0.1) is 0 Å². The molecule has 0 unspecified atom stereocenters. The molecule has 1 atom stereocenters. The predicted octanol–water partition coefficient (Wildman–Crippen LogP) is 2.46. The molecule has 0 bridgehead atoms. The number of amides is 1. The Morgan fingerprint density at radius 2 is 1.89 bits per heavy atom. The number of aliphatic hydroxyl groups excluding tert-OH is 1. The molecule has 2 N–H and O–H groups in total. The van der Waals surface area contributed by atoms with Crippen LogP contribution in [0.3, 0.4) is 0 Å². The molecule has 0 aliphatic carbocycles. The zero-order valence-corrected chi connectivity index (χ0v) is 10.8. The van der Waals surface area contributed by atoms with Crippen molar-refractivity contribution in [3.05, 3.63) is 71.3 Å². The number of rotatable bonds is 4. The van der Waals surface area contributed by atoms with E-state index in [4.69, 9.17) is 0 Å². The quantitative estimate of drug-likeness (QED) is 0.881. The minimum absolute atomic E-state index is 0.123. The molecule has 0 fully saturated rings. The summed E-state index contributed by atoms with van der Waals surface area (Å²) >= 11 is 0. The summed E-state index contributed by atoms with van der Waals surface area (Å²) < 4.78 is 0. The molecule has 0 saturated carbocycles. The van der Waals surface area contributed by atoms with Crippen LogP contribution >= 0.6 is 0 Å². The summed E-state index contributed by atoms with van der Waals surface area (Å²) in [4.78, 5) is 12.1. The largest absolute Gasteiger partial charge is 0.394 e. The molecule has 0 aromatic heterocycles.